The molecule has 18 heavy (non-hydrogen) atoms. The smallest absolute Gasteiger partial charge is 0.163 e. The van der Waals surface area contributed by atoms with Crippen molar-refractivity contribution in [2.75, 3.05) is 0 Å². The van der Waals surface area contributed by atoms with Crippen LogP contribution in [0.5, 0.6) is 0 Å². The highest BCUT2D eigenvalue weighted by Gasteiger charge is 2.06. The fraction of sp³-hybridized carbons (Fsp3) is 0.143. The first-order valence-electron chi connectivity index (χ1n) is 5.55. The minimum Gasteiger partial charge on any atom is -0.309 e. The van der Waals surface area contributed by atoms with Crippen molar-refractivity contribution in [1.82, 2.24) is 5.32 Å². The Bertz CT molecular complexity index is 526. The fourth-order valence-electron chi connectivity index (χ4n) is 1.63. The van der Waals surface area contributed by atoms with Crippen LogP contribution in [0.25, 0.3) is 0 Å². The Morgan fingerprint density at radius 2 is 1.67 bits per heavy atom. The van der Waals surface area contributed by atoms with Crippen molar-refractivity contribution in [3.05, 3.63) is 70.2 Å². The van der Waals surface area contributed by atoms with Crippen LogP contribution >= 0.6 is 11.6 Å². The molecule has 0 spiro atoms. The second-order valence-electron chi connectivity index (χ2n) is 3.94. The molecule has 0 aromatic heterocycles. The highest BCUT2D eigenvalue weighted by Crippen LogP contribution is 2.12. The van der Waals surface area contributed by atoms with Gasteiger partial charge in [0, 0.05) is 23.7 Å². The van der Waals surface area contributed by atoms with E-state index in [1.54, 1.807) is 18.2 Å². The van der Waals surface area contributed by atoms with Crippen molar-refractivity contribution in [2.45, 2.75) is 13.1 Å². The number of benzene rings is 2. The first-order chi connectivity index (χ1) is 8.66. The zero-order valence-electron chi connectivity index (χ0n) is 9.59. The maximum Gasteiger partial charge on any atom is 0.163 e. The Hall–Kier alpha value is -1.45. The van der Waals surface area contributed by atoms with Crippen LogP contribution in [0.1, 0.15) is 11.1 Å². The quantitative estimate of drug-likeness (QED) is 0.886. The van der Waals surface area contributed by atoms with Crippen LogP contribution in [-0.2, 0) is 13.1 Å². The number of hydrogen-bond donors (Lipinski definition) is 1. The van der Waals surface area contributed by atoms with E-state index in [0.29, 0.717) is 17.1 Å². The minimum atomic E-state index is -0.819. The summed E-state index contributed by atoms with van der Waals surface area (Å²) in [5, 5.41) is 3.73. The molecule has 0 bridgehead atoms. The van der Waals surface area contributed by atoms with Crippen molar-refractivity contribution in [3.63, 3.8) is 0 Å². The van der Waals surface area contributed by atoms with Crippen molar-refractivity contribution in [3.8, 4) is 0 Å². The summed E-state index contributed by atoms with van der Waals surface area (Å²) in [4.78, 5) is 0. The van der Waals surface area contributed by atoms with Gasteiger partial charge in [-0.25, -0.2) is 8.78 Å². The zero-order valence-corrected chi connectivity index (χ0v) is 10.3. The molecule has 0 heterocycles. The fourth-order valence-corrected chi connectivity index (χ4v) is 1.75. The molecule has 0 atom stereocenters. The van der Waals surface area contributed by atoms with Crippen LogP contribution in [0, 0.1) is 11.6 Å². The normalized spacial score (nSPS) is 10.6. The van der Waals surface area contributed by atoms with Gasteiger partial charge in [0.1, 0.15) is 0 Å². The third-order valence-corrected chi connectivity index (χ3v) is 2.84. The van der Waals surface area contributed by atoms with E-state index in [4.69, 9.17) is 11.6 Å². The van der Waals surface area contributed by atoms with E-state index in [-0.39, 0.29) is 6.54 Å². The van der Waals surface area contributed by atoms with E-state index < -0.39 is 11.6 Å². The van der Waals surface area contributed by atoms with Gasteiger partial charge in [-0.05, 0) is 23.8 Å². The largest absolute Gasteiger partial charge is 0.309 e. The molecule has 2 aromatic rings. The van der Waals surface area contributed by atoms with Crippen LogP contribution in [0.2, 0.25) is 5.02 Å². The summed E-state index contributed by atoms with van der Waals surface area (Å²) in [5.74, 6) is -1.61. The molecule has 0 aliphatic heterocycles. The van der Waals surface area contributed by atoms with Crippen molar-refractivity contribution in [1.29, 1.82) is 0 Å². The second kappa shape index (κ2) is 5.94. The predicted octanol–water partition coefficient (Wildman–Crippen LogP) is 3.91. The number of hydrogen-bond acceptors (Lipinski definition) is 1. The van der Waals surface area contributed by atoms with Gasteiger partial charge in [-0.1, -0.05) is 35.9 Å². The molecule has 1 N–H and O–H groups in total. The summed E-state index contributed by atoms with van der Waals surface area (Å²) in [6, 6.07) is 11.5. The van der Waals surface area contributed by atoms with Gasteiger partial charge in [0.2, 0.25) is 0 Å². The molecular weight excluding hydrogens is 256 g/mol. The van der Waals surface area contributed by atoms with Crippen LogP contribution in [-0.4, -0.2) is 0 Å². The molecule has 2 rings (SSSR count). The van der Waals surface area contributed by atoms with Gasteiger partial charge >= 0.3 is 0 Å². The van der Waals surface area contributed by atoms with Gasteiger partial charge < -0.3 is 5.32 Å². The lowest BCUT2D eigenvalue weighted by molar-refractivity contribution is 0.492. The van der Waals surface area contributed by atoms with Crippen LogP contribution in [0.15, 0.2) is 42.5 Å². The van der Waals surface area contributed by atoms with Gasteiger partial charge in [-0.15, -0.1) is 0 Å². The van der Waals surface area contributed by atoms with E-state index in [0.717, 1.165) is 11.6 Å². The Morgan fingerprint density at radius 1 is 0.944 bits per heavy atom. The Kier molecular flexibility index (Phi) is 4.28. The van der Waals surface area contributed by atoms with Crippen LogP contribution in [0.4, 0.5) is 8.78 Å². The molecule has 0 radical (unpaired) electrons. The Morgan fingerprint density at radius 3 is 2.39 bits per heavy atom. The minimum absolute atomic E-state index is 0.284. The molecule has 0 unspecified atom stereocenters. The second-order valence-corrected chi connectivity index (χ2v) is 4.38. The lowest BCUT2D eigenvalue weighted by Crippen LogP contribution is -2.14. The molecule has 2 aromatic carbocycles. The van der Waals surface area contributed by atoms with Crippen molar-refractivity contribution >= 4 is 11.6 Å². The molecule has 94 valence electrons. The maximum absolute atomic E-state index is 13.3. The summed E-state index contributed by atoms with van der Waals surface area (Å²) in [7, 11) is 0. The lowest BCUT2D eigenvalue weighted by Gasteiger charge is -2.06. The molecule has 0 fully saturated rings. The molecule has 4 heteroatoms. The average molecular weight is 268 g/mol. The lowest BCUT2D eigenvalue weighted by atomic mass is 10.2. The Balaban J connectivity index is 1.92. The summed E-state index contributed by atoms with van der Waals surface area (Å²) < 4.78 is 26.3. The molecule has 0 saturated carbocycles. The summed E-state index contributed by atoms with van der Waals surface area (Å²) >= 11 is 5.77. The summed E-state index contributed by atoms with van der Waals surface area (Å²) in [6.45, 7) is 0.860. The third-order valence-electron chi connectivity index (χ3n) is 2.59. The van der Waals surface area contributed by atoms with E-state index in [1.165, 1.54) is 6.07 Å². The average Bonchev–Trinajstić information content (AvgIpc) is 2.37. The molecule has 0 aliphatic rings. The van der Waals surface area contributed by atoms with Gasteiger partial charge in [0.25, 0.3) is 0 Å². The summed E-state index contributed by atoms with van der Waals surface area (Å²) in [6.07, 6.45) is 0. The zero-order chi connectivity index (χ0) is 13.0. The number of nitrogens with one attached hydrogen (secondary N) is 1. The molecular formula is C14H12ClF2N. The Labute approximate surface area is 109 Å². The number of halogens is 3. The summed E-state index contributed by atoms with van der Waals surface area (Å²) in [5.41, 5.74) is 1.36. The third kappa shape index (κ3) is 3.28. The molecule has 0 amide bonds. The first kappa shape index (κ1) is 13.0. The number of rotatable bonds is 4. The SMILES string of the molecule is Fc1cccc(CNCc2ccc(Cl)cc2)c1F. The van der Waals surface area contributed by atoms with Gasteiger partial charge in [-0.3, -0.25) is 0 Å². The van der Waals surface area contributed by atoms with Crippen molar-refractivity contribution < 1.29 is 8.78 Å². The highest BCUT2D eigenvalue weighted by atomic mass is 35.5. The van der Waals surface area contributed by atoms with Crippen LogP contribution < -0.4 is 5.32 Å². The predicted molar refractivity (Wildman–Crippen MR) is 68.4 cm³/mol. The standard InChI is InChI=1S/C14H12ClF2N/c15-12-6-4-10(5-7-12)8-18-9-11-2-1-3-13(16)14(11)17/h1-7,18H,8-9H2. The maximum atomic E-state index is 13.3. The van der Waals surface area contributed by atoms with Gasteiger partial charge in [-0.2, -0.15) is 0 Å². The van der Waals surface area contributed by atoms with Crippen molar-refractivity contribution in [2.24, 2.45) is 0 Å². The van der Waals surface area contributed by atoms with Crippen LogP contribution in [0.3, 0.4) is 0 Å². The molecule has 0 saturated heterocycles. The van der Waals surface area contributed by atoms with E-state index in [1.807, 2.05) is 12.1 Å². The molecule has 0 aliphatic carbocycles. The van der Waals surface area contributed by atoms with E-state index >= 15 is 0 Å². The first-order valence-corrected chi connectivity index (χ1v) is 5.92. The van der Waals surface area contributed by atoms with E-state index in [2.05, 4.69) is 5.32 Å². The topological polar surface area (TPSA) is 12.0 Å². The molecule has 1 nitrogen and oxygen atoms in total. The van der Waals surface area contributed by atoms with Gasteiger partial charge in [0.15, 0.2) is 11.6 Å². The monoisotopic (exact) mass is 267 g/mol. The van der Waals surface area contributed by atoms with E-state index in [9.17, 15) is 8.78 Å². The van der Waals surface area contributed by atoms with Gasteiger partial charge in [0.05, 0.1) is 0 Å². The highest BCUT2D eigenvalue weighted by molar-refractivity contribution is 6.30.